The van der Waals surface area contributed by atoms with E-state index in [1.54, 1.807) is 20.0 Å². The van der Waals surface area contributed by atoms with E-state index in [9.17, 15) is 4.39 Å². The molecule has 0 aliphatic carbocycles. The van der Waals surface area contributed by atoms with Gasteiger partial charge >= 0.3 is 0 Å². The lowest BCUT2D eigenvalue weighted by molar-refractivity contribution is 0.627. The van der Waals surface area contributed by atoms with Crippen molar-refractivity contribution in [3.63, 3.8) is 0 Å². The highest BCUT2D eigenvalue weighted by Gasteiger charge is 1.97. The third-order valence-corrected chi connectivity index (χ3v) is 2.85. The monoisotopic (exact) mass is 379 g/mol. The molecule has 0 aromatic heterocycles. The minimum atomic E-state index is -0.235. The molecule has 0 saturated carbocycles. The first kappa shape index (κ1) is 26.9. The molecule has 2 aromatic carbocycles. The van der Waals surface area contributed by atoms with Crippen LogP contribution in [0.2, 0.25) is 0 Å². The summed E-state index contributed by atoms with van der Waals surface area (Å²) in [6.45, 7) is 15.2. The summed E-state index contributed by atoms with van der Waals surface area (Å²) in [5.41, 5.74) is 7.99. The second kappa shape index (κ2) is 17.1. The molecule has 0 aliphatic rings. The van der Waals surface area contributed by atoms with E-state index in [1.165, 1.54) is 12.1 Å². The van der Waals surface area contributed by atoms with Crippen molar-refractivity contribution in [3.8, 4) is 0 Å². The maximum atomic E-state index is 12.3. The van der Waals surface area contributed by atoms with Gasteiger partial charge in [0.1, 0.15) is 11.7 Å². The number of amidine groups is 1. The Labute approximate surface area is 168 Å². The zero-order valence-electron chi connectivity index (χ0n) is 18.3. The molecule has 3 nitrogen and oxygen atoms in total. The first-order valence-electron chi connectivity index (χ1n) is 9.59. The van der Waals surface area contributed by atoms with Gasteiger partial charge in [-0.25, -0.2) is 4.39 Å². The summed E-state index contributed by atoms with van der Waals surface area (Å²) in [4.78, 5) is 4.15. The van der Waals surface area contributed by atoms with Crippen molar-refractivity contribution in [2.45, 2.75) is 48.5 Å². The predicted octanol–water partition coefficient (Wildman–Crippen LogP) is 6.57. The molecular formula is C23H42FN3. The van der Waals surface area contributed by atoms with Gasteiger partial charge in [0.05, 0.1) is 0 Å². The van der Waals surface area contributed by atoms with Crippen molar-refractivity contribution in [1.29, 1.82) is 0 Å². The Balaban J connectivity index is -0.000000164. The lowest BCUT2D eigenvalue weighted by atomic mass is 10.2. The van der Waals surface area contributed by atoms with Crippen LogP contribution in [0.3, 0.4) is 0 Å². The fourth-order valence-corrected chi connectivity index (χ4v) is 1.71. The summed E-state index contributed by atoms with van der Waals surface area (Å²) < 4.78 is 12.3. The third kappa shape index (κ3) is 14.5. The van der Waals surface area contributed by atoms with Crippen LogP contribution in [0.25, 0.3) is 0 Å². The van der Waals surface area contributed by atoms with Gasteiger partial charge in [0.25, 0.3) is 0 Å². The van der Waals surface area contributed by atoms with E-state index < -0.39 is 0 Å². The molecule has 4 heteroatoms. The van der Waals surface area contributed by atoms with Crippen LogP contribution in [0.1, 0.15) is 55.5 Å². The van der Waals surface area contributed by atoms with E-state index in [1.807, 2.05) is 44.2 Å². The van der Waals surface area contributed by atoms with E-state index in [0.29, 0.717) is 5.69 Å². The zero-order chi connectivity index (χ0) is 21.2. The zero-order valence-corrected chi connectivity index (χ0v) is 18.3. The average Bonchev–Trinajstić information content (AvgIpc) is 2.65. The molecule has 3 N–H and O–H groups in total. The number of aliphatic imine (C=N–C) groups is 1. The molecule has 0 spiro atoms. The number of aryl methyl sites for hydroxylation is 1. The Kier molecular flexibility index (Phi) is 17.0. The van der Waals surface area contributed by atoms with Crippen LogP contribution < -0.4 is 11.1 Å². The Hall–Kier alpha value is -2.36. The van der Waals surface area contributed by atoms with E-state index in [4.69, 9.17) is 5.73 Å². The van der Waals surface area contributed by atoms with Crippen LogP contribution in [0, 0.1) is 18.7 Å². The number of halogens is 1. The normalized spacial score (nSPS) is 9.78. The number of hydrogen-bond acceptors (Lipinski definition) is 2. The maximum Gasteiger partial charge on any atom is 0.127 e. The Morgan fingerprint density at radius 1 is 1.11 bits per heavy atom. The second-order valence-corrected chi connectivity index (χ2v) is 6.20. The van der Waals surface area contributed by atoms with Crippen LogP contribution in [0.5, 0.6) is 0 Å². The molecule has 2 rings (SSSR count). The highest BCUT2D eigenvalue weighted by Crippen LogP contribution is 2.10. The van der Waals surface area contributed by atoms with Crippen LogP contribution in [-0.2, 0) is 0 Å². The van der Waals surface area contributed by atoms with Gasteiger partial charge in [0.2, 0.25) is 0 Å². The number of anilines is 1. The fraction of sp³-hybridized carbons (Fsp3) is 0.435. The molecule has 0 aliphatic heterocycles. The molecule has 0 heterocycles. The number of nitrogens with one attached hydrogen (secondary N) is 1. The summed E-state index contributed by atoms with van der Waals surface area (Å²) in [6.07, 6.45) is 0. The van der Waals surface area contributed by atoms with Crippen molar-refractivity contribution in [1.82, 2.24) is 5.32 Å². The quantitative estimate of drug-likeness (QED) is 0.352. The van der Waals surface area contributed by atoms with Crippen molar-refractivity contribution >= 4 is 11.5 Å². The summed E-state index contributed by atoms with van der Waals surface area (Å²) in [6, 6.07) is 14.4. The van der Waals surface area contributed by atoms with E-state index in [2.05, 4.69) is 38.0 Å². The van der Waals surface area contributed by atoms with Gasteiger partial charge in [-0.05, 0) is 43.5 Å². The minimum Gasteiger partial charge on any atom is -0.399 e. The first-order valence-corrected chi connectivity index (χ1v) is 9.59. The Morgan fingerprint density at radius 2 is 1.63 bits per heavy atom. The van der Waals surface area contributed by atoms with Crippen molar-refractivity contribution in [2.75, 3.05) is 19.3 Å². The van der Waals surface area contributed by atoms with Crippen molar-refractivity contribution in [2.24, 2.45) is 10.9 Å². The lowest BCUT2D eigenvalue weighted by Gasteiger charge is -2.05. The number of rotatable bonds is 2. The van der Waals surface area contributed by atoms with Gasteiger partial charge in [-0.15, -0.1) is 0 Å². The van der Waals surface area contributed by atoms with Crippen LogP contribution in [0.15, 0.2) is 53.5 Å². The molecule has 0 unspecified atom stereocenters. The molecule has 0 fully saturated rings. The molecule has 0 saturated heterocycles. The van der Waals surface area contributed by atoms with Gasteiger partial charge < -0.3 is 11.1 Å². The SMILES string of the molecule is CC.CC(C)C.CCNC(=NC)c1ccccc1.Cc1cc(F)ccc1N.[HH].[HH]. The van der Waals surface area contributed by atoms with Crippen molar-refractivity contribution in [3.05, 3.63) is 65.5 Å². The average molecular weight is 380 g/mol. The van der Waals surface area contributed by atoms with Gasteiger partial charge in [0.15, 0.2) is 0 Å². The first-order chi connectivity index (χ1) is 12.8. The summed E-state index contributed by atoms with van der Waals surface area (Å²) >= 11 is 0. The van der Waals surface area contributed by atoms with E-state index >= 15 is 0 Å². The molecule has 0 radical (unpaired) electrons. The Bertz CT molecular complexity index is 631. The van der Waals surface area contributed by atoms with E-state index in [0.717, 1.165) is 29.4 Å². The number of hydrogen-bond donors (Lipinski definition) is 2. The number of benzene rings is 2. The third-order valence-electron chi connectivity index (χ3n) is 2.85. The minimum absolute atomic E-state index is 0. The molecule has 156 valence electrons. The van der Waals surface area contributed by atoms with Crippen LogP contribution in [0.4, 0.5) is 10.1 Å². The van der Waals surface area contributed by atoms with E-state index in [-0.39, 0.29) is 8.67 Å². The number of nitrogen functional groups attached to an aromatic ring is 1. The van der Waals surface area contributed by atoms with Crippen LogP contribution >= 0.6 is 0 Å². The highest BCUT2D eigenvalue weighted by molar-refractivity contribution is 5.98. The molecule has 2 aromatic rings. The van der Waals surface area contributed by atoms with Crippen LogP contribution in [-0.4, -0.2) is 19.4 Å². The summed E-state index contributed by atoms with van der Waals surface area (Å²) in [5, 5.41) is 3.20. The smallest absolute Gasteiger partial charge is 0.127 e. The van der Waals surface area contributed by atoms with Gasteiger partial charge in [-0.1, -0.05) is 65.0 Å². The largest absolute Gasteiger partial charge is 0.399 e. The predicted molar refractivity (Wildman–Crippen MR) is 124 cm³/mol. The lowest BCUT2D eigenvalue weighted by Crippen LogP contribution is -2.23. The van der Waals surface area contributed by atoms with Crippen molar-refractivity contribution < 1.29 is 7.24 Å². The number of nitrogens with zero attached hydrogens (tertiary/aromatic N) is 1. The highest BCUT2D eigenvalue weighted by atomic mass is 19.1. The standard InChI is InChI=1S/C10H14N2.C7H8FN.C4H10.C2H6.2H2/c1-3-12-10(11-2)9-7-5-4-6-8-9;1-5-4-6(8)2-3-7(5)9;1-4(2)3;1-2;;/h4-8H,3H2,1-2H3,(H,11,12);2-4H,9H2,1H3;4H,1-3H3;1-2H3;2*1H. The second-order valence-electron chi connectivity index (χ2n) is 6.20. The summed E-state index contributed by atoms with van der Waals surface area (Å²) in [7, 11) is 1.80. The molecule has 0 amide bonds. The van der Waals surface area contributed by atoms with Gasteiger partial charge in [-0.2, -0.15) is 0 Å². The topological polar surface area (TPSA) is 50.4 Å². The number of nitrogens with two attached hydrogens (primary N) is 1. The fourth-order valence-electron chi connectivity index (χ4n) is 1.71. The molecule has 0 bridgehead atoms. The molecule has 0 atom stereocenters. The van der Waals surface area contributed by atoms with Gasteiger partial charge in [0, 0.05) is 27.7 Å². The maximum absolute atomic E-state index is 12.3. The van der Waals surface area contributed by atoms with Gasteiger partial charge in [-0.3, -0.25) is 4.99 Å². The summed E-state index contributed by atoms with van der Waals surface area (Å²) in [5.74, 6) is 1.56. The molecular weight excluding hydrogens is 337 g/mol. The Morgan fingerprint density at radius 3 is 2.00 bits per heavy atom. The molecule has 27 heavy (non-hydrogen) atoms.